The summed E-state index contributed by atoms with van der Waals surface area (Å²) in [4.78, 5) is 32.1. The van der Waals surface area contributed by atoms with Gasteiger partial charge in [-0.1, -0.05) is 11.6 Å². The van der Waals surface area contributed by atoms with Crippen molar-refractivity contribution < 1.29 is 14.0 Å². The van der Waals surface area contributed by atoms with Crippen molar-refractivity contribution in [3.05, 3.63) is 46.5 Å². The Labute approximate surface area is 173 Å². The minimum absolute atomic E-state index is 0.0323. The number of anilines is 3. The highest BCUT2D eigenvalue weighted by atomic mass is 35.5. The maximum atomic E-state index is 13.4. The quantitative estimate of drug-likeness (QED) is 0.363. The molecule has 12 heteroatoms. The first-order valence-corrected chi connectivity index (χ1v) is 9.42. The molecule has 1 aromatic carbocycles. The molecule has 10 nitrogen and oxygen atoms in total. The minimum atomic E-state index is -0.594. The number of carbonyl (C=O) groups excluding carboxylic acids is 2. The predicted molar refractivity (Wildman–Crippen MR) is 107 cm³/mol. The van der Waals surface area contributed by atoms with Crippen LogP contribution in [0, 0.1) is 5.82 Å². The smallest absolute Gasteiger partial charge is 0.326 e. The van der Waals surface area contributed by atoms with Gasteiger partial charge in [-0.2, -0.15) is 19.6 Å². The Kier molecular flexibility index (Phi) is 4.24. The summed E-state index contributed by atoms with van der Waals surface area (Å²) in [6, 6.07) is 3.88. The van der Waals surface area contributed by atoms with Crippen LogP contribution in [-0.2, 0) is 4.79 Å². The monoisotopic (exact) mass is 428 g/mol. The van der Waals surface area contributed by atoms with E-state index in [-0.39, 0.29) is 16.7 Å². The van der Waals surface area contributed by atoms with Gasteiger partial charge < -0.3 is 16.0 Å². The third kappa shape index (κ3) is 3.50. The molecule has 3 heterocycles. The second-order valence-corrected chi connectivity index (χ2v) is 7.25. The molecular weight excluding hydrogens is 415 g/mol. The van der Waals surface area contributed by atoms with Gasteiger partial charge in [-0.05, 0) is 37.1 Å². The molecule has 4 N–H and O–H groups in total. The second kappa shape index (κ2) is 6.95. The van der Waals surface area contributed by atoms with E-state index in [1.165, 1.54) is 35.0 Å². The molecule has 3 amide bonds. The summed E-state index contributed by atoms with van der Waals surface area (Å²) in [6.45, 7) is 0. The van der Waals surface area contributed by atoms with Crippen LogP contribution >= 0.6 is 11.6 Å². The lowest BCUT2D eigenvalue weighted by Crippen LogP contribution is -2.22. The number of urea groups is 1. The highest BCUT2D eigenvalue weighted by Crippen LogP contribution is 2.27. The molecule has 2 fully saturated rings. The van der Waals surface area contributed by atoms with Gasteiger partial charge in [0.1, 0.15) is 11.5 Å². The van der Waals surface area contributed by atoms with E-state index in [1.807, 2.05) is 0 Å². The van der Waals surface area contributed by atoms with Gasteiger partial charge in [0.25, 0.3) is 5.91 Å². The van der Waals surface area contributed by atoms with E-state index in [2.05, 4.69) is 36.3 Å². The van der Waals surface area contributed by atoms with Crippen LogP contribution in [0.4, 0.5) is 26.8 Å². The fourth-order valence-electron chi connectivity index (χ4n) is 2.90. The number of hydrogen-bond donors (Lipinski definition) is 4. The van der Waals surface area contributed by atoms with Gasteiger partial charge in [0.2, 0.25) is 11.9 Å². The third-order valence-electron chi connectivity index (χ3n) is 4.50. The van der Waals surface area contributed by atoms with Gasteiger partial charge >= 0.3 is 6.03 Å². The number of fused-ring (bicyclic) bond motifs is 1. The van der Waals surface area contributed by atoms with Crippen LogP contribution < -0.4 is 21.3 Å². The Balaban J connectivity index is 1.57. The third-order valence-corrected chi connectivity index (χ3v) is 4.79. The van der Waals surface area contributed by atoms with Crippen molar-refractivity contribution in [2.75, 3.05) is 10.6 Å². The van der Waals surface area contributed by atoms with Gasteiger partial charge in [0, 0.05) is 17.3 Å². The zero-order chi connectivity index (χ0) is 20.8. The number of imide groups is 1. The topological polar surface area (TPSA) is 125 Å². The first kappa shape index (κ1) is 18.3. The molecule has 5 rings (SSSR count). The molecule has 0 spiro atoms. The molecule has 1 saturated carbocycles. The summed E-state index contributed by atoms with van der Waals surface area (Å²) in [7, 11) is 0. The van der Waals surface area contributed by atoms with E-state index in [9.17, 15) is 14.0 Å². The number of nitrogens with zero attached hydrogens (tertiary/aromatic N) is 4. The zero-order valence-corrected chi connectivity index (χ0v) is 16.0. The number of carbonyl (C=O) groups is 2. The van der Waals surface area contributed by atoms with Crippen LogP contribution in [0.5, 0.6) is 0 Å². The average Bonchev–Trinajstić information content (AvgIpc) is 3.34. The maximum absolute atomic E-state index is 13.4. The summed E-state index contributed by atoms with van der Waals surface area (Å²) < 4.78 is 15.0. The van der Waals surface area contributed by atoms with Crippen LogP contribution in [0.25, 0.3) is 11.7 Å². The summed E-state index contributed by atoms with van der Waals surface area (Å²) >= 11 is 5.85. The highest BCUT2D eigenvalue weighted by molar-refractivity contribution is 6.31. The molecule has 0 radical (unpaired) electrons. The van der Waals surface area contributed by atoms with Crippen LogP contribution in [-0.4, -0.2) is 37.6 Å². The van der Waals surface area contributed by atoms with Crippen molar-refractivity contribution in [1.29, 1.82) is 0 Å². The number of aromatic nitrogens is 4. The molecule has 1 saturated heterocycles. The molecule has 0 bridgehead atoms. The molecule has 152 valence electrons. The molecule has 2 aromatic heterocycles. The number of benzene rings is 1. The maximum Gasteiger partial charge on any atom is 0.326 e. The predicted octanol–water partition coefficient (Wildman–Crippen LogP) is 2.41. The van der Waals surface area contributed by atoms with Gasteiger partial charge in [0.05, 0.1) is 11.2 Å². The standard InChI is InChI=1S/C18H14ClFN8O2/c19-11-6-10(3-4-12(11)20)22-16-25-14-8(5-13-15(29)26-18(30)24-13)7-21-28(14)17(27-16)23-9-1-2-9/h3-7,9H,1-2H2,(H2,22,23,25,27)(H2,24,26,29,30)/b13-5-. The summed E-state index contributed by atoms with van der Waals surface area (Å²) in [5.74, 6) is -0.378. The number of hydrogen-bond acceptors (Lipinski definition) is 7. The van der Waals surface area contributed by atoms with E-state index < -0.39 is 17.8 Å². The fraction of sp³-hybridized carbons (Fsp3) is 0.167. The average molecular weight is 429 g/mol. The SMILES string of the molecule is O=C1NC(=O)/C(=C/c2cnn3c(NC4CC4)nc(Nc4ccc(F)c(Cl)c4)nc23)N1. The largest absolute Gasteiger partial charge is 0.351 e. The van der Waals surface area contributed by atoms with Crippen LogP contribution in [0.2, 0.25) is 5.02 Å². The normalized spacial score (nSPS) is 17.3. The van der Waals surface area contributed by atoms with Crippen molar-refractivity contribution in [2.45, 2.75) is 18.9 Å². The minimum Gasteiger partial charge on any atom is -0.351 e. The molecule has 1 aliphatic heterocycles. The molecule has 1 aliphatic carbocycles. The molecule has 2 aliphatic rings. The van der Waals surface area contributed by atoms with Gasteiger partial charge in [-0.15, -0.1) is 0 Å². The number of nitrogens with one attached hydrogen (secondary N) is 4. The molecule has 0 unspecified atom stereocenters. The van der Waals surface area contributed by atoms with Crippen molar-refractivity contribution >= 4 is 52.8 Å². The number of halogens is 2. The van der Waals surface area contributed by atoms with Gasteiger partial charge in [-0.25, -0.2) is 9.18 Å². The summed E-state index contributed by atoms with van der Waals surface area (Å²) in [5, 5.41) is 15.1. The summed E-state index contributed by atoms with van der Waals surface area (Å²) in [5.41, 5.74) is 1.50. The number of rotatable bonds is 5. The van der Waals surface area contributed by atoms with Crippen LogP contribution in [0.3, 0.4) is 0 Å². The van der Waals surface area contributed by atoms with E-state index >= 15 is 0 Å². The molecule has 30 heavy (non-hydrogen) atoms. The Hall–Kier alpha value is -3.73. The molecule has 3 aromatic rings. The van der Waals surface area contributed by atoms with E-state index in [1.54, 1.807) is 0 Å². The van der Waals surface area contributed by atoms with E-state index in [0.717, 1.165) is 12.8 Å². The number of amides is 3. The van der Waals surface area contributed by atoms with Crippen molar-refractivity contribution in [2.24, 2.45) is 0 Å². The van der Waals surface area contributed by atoms with E-state index in [4.69, 9.17) is 11.6 Å². The molecule has 0 atom stereocenters. The first-order valence-electron chi connectivity index (χ1n) is 9.05. The Morgan fingerprint density at radius 1 is 1.23 bits per heavy atom. The lowest BCUT2D eigenvalue weighted by atomic mass is 10.2. The van der Waals surface area contributed by atoms with Gasteiger partial charge in [-0.3, -0.25) is 10.1 Å². The van der Waals surface area contributed by atoms with E-state index in [0.29, 0.717) is 28.9 Å². The van der Waals surface area contributed by atoms with Crippen molar-refractivity contribution in [3.63, 3.8) is 0 Å². The zero-order valence-electron chi connectivity index (χ0n) is 15.2. The van der Waals surface area contributed by atoms with Crippen molar-refractivity contribution in [3.8, 4) is 0 Å². The Morgan fingerprint density at radius 3 is 2.77 bits per heavy atom. The van der Waals surface area contributed by atoms with Gasteiger partial charge in [0.15, 0.2) is 5.65 Å². The van der Waals surface area contributed by atoms with Crippen LogP contribution in [0.15, 0.2) is 30.1 Å². The lowest BCUT2D eigenvalue weighted by Gasteiger charge is -2.10. The second-order valence-electron chi connectivity index (χ2n) is 6.84. The molecular formula is C18H14ClFN8O2. The lowest BCUT2D eigenvalue weighted by molar-refractivity contribution is -0.115. The Bertz CT molecular complexity index is 1240. The summed E-state index contributed by atoms with van der Waals surface area (Å²) in [6.07, 6.45) is 5.04. The first-order chi connectivity index (χ1) is 14.5. The van der Waals surface area contributed by atoms with Crippen molar-refractivity contribution in [1.82, 2.24) is 30.2 Å². The van der Waals surface area contributed by atoms with Crippen LogP contribution in [0.1, 0.15) is 18.4 Å². The Morgan fingerprint density at radius 2 is 2.07 bits per heavy atom. The highest BCUT2D eigenvalue weighted by Gasteiger charge is 2.26. The fourth-order valence-corrected chi connectivity index (χ4v) is 3.08.